The molecular formula is C40H84O4. The van der Waals surface area contributed by atoms with Crippen molar-refractivity contribution in [1.82, 2.24) is 0 Å². The first kappa shape index (κ1) is 46.0. The van der Waals surface area contributed by atoms with Crippen molar-refractivity contribution in [3.05, 3.63) is 0 Å². The fraction of sp³-hybridized carbons (Fsp3) is 1.00. The maximum absolute atomic E-state index is 9.51. The normalized spacial score (nSPS) is 26.3. The third kappa shape index (κ3) is 24.1. The van der Waals surface area contributed by atoms with Crippen LogP contribution in [0.15, 0.2) is 0 Å². The molecule has 0 bridgehead atoms. The van der Waals surface area contributed by atoms with Crippen molar-refractivity contribution in [2.75, 3.05) is 14.2 Å². The molecule has 4 heteroatoms. The number of rotatable bonds is 0. The van der Waals surface area contributed by atoms with Gasteiger partial charge in [-0.05, 0) is 0 Å². The molecule has 0 aromatic heterocycles. The molecule has 0 radical (unpaired) electrons. The second kappa shape index (κ2) is 32.8. The van der Waals surface area contributed by atoms with Crippen LogP contribution in [0.4, 0.5) is 0 Å². The van der Waals surface area contributed by atoms with E-state index in [0.717, 1.165) is 14.2 Å². The molecule has 0 aromatic rings. The highest BCUT2D eigenvalue weighted by atomic mass is 16.3. The standard InChI is InChI=1S/3C10H20.C8H16O2.2CH4O/c3*1-2-4-6-8-10-9-7-5-3-1;1-7(2)5(9)8(3,4)6(7)10;2*1-2/h3*1-10H2;5-6,9-10H,1-4H3;2*2H,1H3. The molecule has 4 N–H and O–H groups in total. The molecule has 0 spiro atoms. The smallest absolute Gasteiger partial charge is 0.0691 e. The van der Waals surface area contributed by atoms with Gasteiger partial charge in [0.1, 0.15) is 0 Å². The Labute approximate surface area is 277 Å². The SMILES string of the molecule is C1CCCCCCCCC1.C1CCCCCCCCC1.C1CCCCCCCCC1.CC1(C)C(O)C(C)(C)C1O.CO.CO. The van der Waals surface area contributed by atoms with Crippen LogP contribution in [0.1, 0.15) is 220 Å². The highest BCUT2D eigenvalue weighted by molar-refractivity contribution is 5.09. The van der Waals surface area contributed by atoms with Crippen molar-refractivity contribution in [2.24, 2.45) is 10.8 Å². The predicted octanol–water partition coefficient (Wildman–Crippen LogP) is 11.7. The molecule has 0 aromatic carbocycles. The Morgan fingerprint density at radius 2 is 0.318 bits per heavy atom. The molecular weight excluding hydrogens is 544 g/mol. The Morgan fingerprint density at radius 1 is 0.250 bits per heavy atom. The molecule has 4 saturated carbocycles. The zero-order valence-corrected chi connectivity index (χ0v) is 31.2. The Hall–Kier alpha value is -0.160. The first-order valence-corrected chi connectivity index (χ1v) is 19.6. The maximum Gasteiger partial charge on any atom is 0.0691 e. The van der Waals surface area contributed by atoms with Gasteiger partial charge < -0.3 is 20.4 Å². The lowest BCUT2D eigenvalue weighted by atomic mass is 9.51. The van der Waals surface area contributed by atoms with Crippen LogP contribution < -0.4 is 0 Å². The van der Waals surface area contributed by atoms with E-state index >= 15 is 0 Å². The van der Waals surface area contributed by atoms with Crippen molar-refractivity contribution < 1.29 is 20.4 Å². The minimum Gasteiger partial charge on any atom is -0.400 e. The van der Waals surface area contributed by atoms with E-state index in [1.165, 1.54) is 193 Å². The second-order valence-corrected chi connectivity index (χ2v) is 15.1. The quantitative estimate of drug-likeness (QED) is 0.215. The molecule has 0 aliphatic heterocycles. The molecule has 0 unspecified atom stereocenters. The fourth-order valence-corrected chi connectivity index (χ4v) is 7.42. The lowest BCUT2D eigenvalue weighted by molar-refractivity contribution is -0.247. The zero-order chi connectivity index (χ0) is 33.4. The van der Waals surface area contributed by atoms with Gasteiger partial charge in [0.05, 0.1) is 12.2 Å². The third-order valence-corrected chi connectivity index (χ3v) is 10.3. The summed E-state index contributed by atoms with van der Waals surface area (Å²) in [5.74, 6) is 0. The molecule has 4 nitrogen and oxygen atoms in total. The Kier molecular flexibility index (Phi) is 34.2. The summed E-state index contributed by atoms with van der Waals surface area (Å²) >= 11 is 0. The average Bonchev–Trinajstić information content (AvgIpc) is 3.07. The monoisotopic (exact) mass is 629 g/mol. The summed E-state index contributed by atoms with van der Waals surface area (Å²) in [5, 5.41) is 33.0. The largest absolute Gasteiger partial charge is 0.400 e. The highest BCUT2D eigenvalue weighted by Gasteiger charge is 2.60. The number of hydrogen-bond donors (Lipinski definition) is 4. The van der Waals surface area contributed by atoms with Gasteiger partial charge in [-0.2, -0.15) is 0 Å². The predicted molar refractivity (Wildman–Crippen MR) is 194 cm³/mol. The van der Waals surface area contributed by atoms with Gasteiger partial charge in [-0.1, -0.05) is 220 Å². The van der Waals surface area contributed by atoms with E-state index in [-0.39, 0.29) is 23.0 Å². The van der Waals surface area contributed by atoms with Crippen molar-refractivity contribution in [2.45, 2.75) is 233 Å². The maximum atomic E-state index is 9.51. The number of hydrogen-bond acceptors (Lipinski definition) is 4. The van der Waals surface area contributed by atoms with E-state index in [1.807, 2.05) is 27.7 Å². The zero-order valence-electron chi connectivity index (χ0n) is 31.2. The summed E-state index contributed by atoms with van der Waals surface area (Å²) in [6.07, 6.45) is 44.2. The Morgan fingerprint density at radius 3 is 0.364 bits per heavy atom. The van der Waals surface area contributed by atoms with Gasteiger partial charge in [-0.15, -0.1) is 0 Å². The Balaban J connectivity index is 0. The molecule has 4 fully saturated rings. The molecule has 0 saturated heterocycles. The van der Waals surface area contributed by atoms with Crippen LogP contribution in [0, 0.1) is 10.8 Å². The molecule has 0 atom stereocenters. The molecule has 0 heterocycles. The lowest BCUT2D eigenvalue weighted by Crippen LogP contribution is -2.67. The summed E-state index contributed by atoms with van der Waals surface area (Å²) in [6.45, 7) is 7.53. The van der Waals surface area contributed by atoms with E-state index < -0.39 is 0 Å². The van der Waals surface area contributed by atoms with E-state index in [1.54, 1.807) is 0 Å². The van der Waals surface area contributed by atoms with E-state index in [2.05, 4.69) is 0 Å². The molecule has 4 rings (SSSR count). The van der Waals surface area contributed by atoms with Crippen LogP contribution in [0.3, 0.4) is 0 Å². The Bertz CT molecular complexity index is 370. The first-order chi connectivity index (χ1) is 21.3. The summed E-state index contributed by atoms with van der Waals surface area (Å²) in [4.78, 5) is 0. The summed E-state index contributed by atoms with van der Waals surface area (Å²) in [5.41, 5.74) is -0.632. The van der Waals surface area contributed by atoms with Crippen molar-refractivity contribution in [3.8, 4) is 0 Å². The molecule has 268 valence electrons. The van der Waals surface area contributed by atoms with Crippen molar-refractivity contribution >= 4 is 0 Å². The van der Waals surface area contributed by atoms with Crippen LogP contribution in [-0.2, 0) is 0 Å². The molecule has 44 heavy (non-hydrogen) atoms. The van der Waals surface area contributed by atoms with Gasteiger partial charge in [0.2, 0.25) is 0 Å². The van der Waals surface area contributed by atoms with E-state index in [9.17, 15) is 10.2 Å². The molecule has 0 amide bonds. The topological polar surface area (TPSA) is 80.9 Å². The lowest BCUT2D eigenvalue weighted by Gasteiger charge is -2.59. The minimum absolute atomic E-state index is 0.316. The second-order valence-electron chi connectivity index (χ2n) is 15.1. The van der Waals surface area contributed by atoms with Crippen LogP contribution in [-0.4, -0.2) is 46.9 Å². The van der Waals surface area contributed by atoms with Crippen LogP contribution in [0.5, 0.6) is 0 Å². The summed E-state index contributed by atoms with van der Waals surface area (Å²) < 4.78 is 0. The third-order valence-electron chi connectivity index (χ3n) is 10.3. The molecule has 4 aliphatic carbocycles. The fourth-order valence-electron chi connectivity index (χ4n) is 7.42. The highest BCUT2D eigenvalue weighted by Crippen LogP contribution is 2.53. The van der Waals surface area contributed by atoms with Crippen LogP contribution in [0.2, 0.25) is 0 Å². The number of aliphatic hydroxyl groups is 4. The van der Waals surface area contributed by atoms with Crippen LogP contribution in [0.25, 0.3) is 0 Å². The van der Waals surface area contributed by atoms with Gasteiger partial charge in [0, 0.05) is 25.0 Å². The van der Waals surface area contributed by atoms with Crippen LogP contribution >= 0.6 is 0 Å². The first-order valence-electron chi connectivity index (χ1n) is 19.6. The van der Waals surface area contributed by atoms with Gasteiger partial charge in [-0.25, -0.2) is 0 Å². The van der Waals surface area contributed by atoms with Crippen molar-refractivity contribution in [1.29, 1.82) is 0 Å². The van der Waals surface area contributed by atoms with Gasteiger partial charge >= 0.3 is 0 Å². The van der Waals surface area contributed by atoms with Crippen molar-refractivity contribution in [3.63, 3.8) is 0 Å². The van der Waals surface area contributed by atoms with Gasteiger partial charge in [-0.3, -0.25) is 0 Å². The average molecular weight is 629 g/mol. The summed E-state index contributed by atoms with van der Waals surface area (Å²) in [6, 6.07) is 0. The molecule has 4 aliphatic rings. The number of aliphatic hydroxyl groups excluding tert-OH is 4. The summed E-state index contributed by atoms with van der Waals surface area (Å²) in [7, 11) is 2.00. The van der Waals surface area contributed by atoms with E-state index in [0.29, 0.717) is 0 Å². The van der Waals surface area contributed by atoms with Gasteiger partial charge in [0.25, 0.3) is 0 Å². The van der Waals surface area contributed by atoms with Gasteiger partial charge in [0.15, 0.2) is 0 Å². The van der Waals surface area contributed by atoms with E-state index in [4.69, 9.17) is 10.2 Å². The minimum atomic E-state index is -0.380.